The van der Waals surface area contributed by atoms with Crippen LogP contribution in [0.4, 0.5) is 0 Å². The van der Waals surface area contributed by atoms with E-state index in [0.717, 1.165) is 17.9 Å². The smallest absolute Gasteiger partial charge is 0.0456 e. The maximum absolute atomic E-state index is 6.34. The summed E-state index contributed by atoms with van der Waals surface area (Å²) in [6.45, 7) is 4.61. The molecule has 0 spiro atoms. The molecule has 1 nitrogen and oxygen atoms in total. The number of fused-ring (bicyclic) bond motifs is 1. The highest BCUT2D eigenvalue weighted by Gasteiger charge is 2.17. The lowest BCUT2D eigenvalue weighted by Gasteiger charge is -2.21. The van der Waals surface area contributed by atoms with Gasteiger partial charge in [-0.15, -0.1) is 0 Å². The Balaban J connectivity index is 1.71. The van der Waals surface area contributed by atoms with Crippen molar-refractivity contribution < 1.29 is 0 Å². The predicted molar refractivity (Wildman–Crippen MR) is 95.7 cm³/mol. The SMILES string of the molecule is CC(CCc1cccc2[nH]ccc12)C(C)c1ccccc1Cl. The van der Waals surface area contributed by atoms with Crippen molar-refractivity contribution >= 4 is 22.5 Å². The van der Waals surface area contributed by atoms with Gasteiger partial charge < -0.3 is 4.98 Å². The topological polar surface area (TPSA) is 15.8 Å². The van der Waals surface area contributed by atoms with Crippen LogP contribution in [0.2, 0.25) is 5.02 Å². The predicted octanol–water partition coefficient (Wildman–Crippen LogP) is 6.19. The van der Waals surface area contributed by atoms with E-state index in [9.17, 15) is 0 Å². The molecule has 3 rings (SSSR count). The number of H-pyrrole nitrogens is 1. The van der Waals surface area contributed by atoms with Crippen molar-refractivity contribution in [2.24, 2.45) is 5.92 Å². The summed E-state index contributed by atoms with van der Waals surface area (Å²) in [4.78, 5) is 3.29. The second kappa shape index (κ2) is 6.58. The van der Waals surface area contributed by atoms with E-state index in [1.165, 1.54) is 22.0 Å². The van der Waals surface area contributed by atoms with Crippen molar-refractivity contribution in [3.8, 4) is 0 Å². The fraction of sp³-hybridized carbons (Fsp3) is 0.300. The largest absolute Gasteiger partial charge is 0.361 e. The Morgan fingerprint density at radius 3 is 2.64 bits per heavy atom. The fourth-order valence-corrected chi connectivity index (χ4v) is 3.46. The molecule has 0 bridgehead atoms. The summed E-state index contributed by atoms with van der Waals surface area (Å²) >= 11 is 6.34. The summed E-state index contributed by atoms with van der Waals surface area (Å²) in [6.07, 6.45) is 4.28. The van der Waals surface area contributed by atoms with E-state index in [0.29, 0.717) is 11.8 Å². The van der Waals surface area contributed by atoms with Crippen molar-refractivity contribution in [3.63, 3.8) is 0 Å². The van der Waals surface area contributed by atoms with Gasteiger partial charge in [-0.05, 0) is 54.0 Å². The van der Waals surface area contributed by atoms with E-state index in [1.54, 1.807) is 0 Å². The molecule has 0 aliphatic rings. The first-order valence-electron chi connectivity index (χ1n) is 7.96. The van der Waals surface area contributed by atoms with Crippen LogP contribution in [0.3, 0.4) is 0 Å². The number of aromatic amines is 1. The minimum absolute atomic E-state index is 0.471. The molecule has 2 atom stereocenters. The molecule has 1 N–H and O–H groups in total. The Morgan fingerprint density at radius 2 is 1.82 bits per heavy atom. The number of aromatic nitrogens is 1. The first-order chi connectivity index (χ1) is 10.7. The van der Waals surface area contributed by atoms with E-state index >= 15 is 0 Å². The highest BCUT2D eigenvalue weighted by Crippen LogP contribution is 2.32. The van der Waals surface area contributed by atoms with Crippen molar-refractivity contribution in [3.05, 3.63) is 70.9 Å². The Kier molecular flexibility index (Phi) is 4.54. The first-order valence-corrected chi connectivity index (χ1v) is 8.34. The molecular weight excluding hydrogens is 290 g/mol. The van der Waals surface area contributed by atoms with Crippen LogP contribution >= 0.6 is 11.6 Å². The van der Waals surface area contributed by atoms with E-state index in [2.05, 4.69) is 55.2 Å². The zero-order valence-electron chi connectivity index (χ0n) is 13.1. The van der Waals surface area contributed by atoms with Crippen LogP contribution in [0.5, 0.6) is 0 Å². The van der Waals surface area contributed by atoms with Gasteiger partial charge in [-0.25, -0.2) is 0 Å². The lowest BCUT2D eigenvalue weighted by atomic mass is 9.85. The summed E-state index contributed by atoms with van der Waals surface area (Å²) in [7, 11) is 0. The van der Waals surface area contributed by atoms with Gasteiger partial charge in [0.15, 0.2) is 0 Å². The highest BCUT2D eigenvalue weighted by molar-refractivity contribution is 6.31. The normalized spacial score (nSPS) is 14.1. The number of rotatable bonds is 5. The van der Waals surface area contributed by atoms with Crippen LogP contribution in [-0.4, -0.2) is 4.98 Å². The molecule has 3 aromatic rings. The lowest BCUT2D eigenvalue weighted by Crippen LogP contribution is -2.08. The van der Waals surface area contributed by atoms with Gasteiger partial charge in [0.25, 0.3) is 0 Å². The van der Waals surface area contributed by atoms with Gasteiger partial charge in [0.2, 0.25) is 0 Å². The van der Waals surface area contributed by atoms with Crippen LogP contribution in [0.15, 0.2) is 54.7 Å². The van der Waals surface area contributed by atoms with E-state index in [4.69, 9.17) is 11.6 Å². The average Bonchev–Trinajstić information content (AvgIpc) is 3.01. The molecule has 0 amide bonds. The van der Waals surface area contributed by atoms with Gasteiger partial charge in [0.1, 0.15) is 0 Å². The summed E-state index contributed by atoms with van der Waals surface area (Å²) in [5.41, 5.74) is 3.91. The lowest BCUT2D eigenvalue weighted by molar-refractivity contribution is 0.454. The number of aryl methyl sites for hydroxylation is 1. The molecule has 1 heterocycles. The minimum atomic E-state index is 0.471. The highest BCUT2D eigenvalue weighted by atomic mass is 35.5. The molecule has 1 aromatic heterocycles. The average molecular weight is 312 g/mol. The summed E-state index contributed by atoms with van der Waals surface area (Å²) in [6, 6.07) is 16.9. The second-order valence-electron chi connectivity index (χ2n) is 6.18. The number of benzene rings is 2. The zero-order valence-corrected chi connectivity index (χ0v) is 13.9. The summed E-state index contributed by atoms with van der Waals surface area (Å²) < 4.78 is 0. The number of halogens is 1. The molecular formula is C20H22ClN. The number of nitrogens with one attached hydrogen (secondary N) is 1. The van der Waals surface area contributed by atoms with E-state index in [-0.39, 0.29) is 0 Å². The monoisotopic (exact) mass is 311 g/mol. The fourth-order valence-electron chi connectivity index (χ4n) is 3.15. The van der Waals surface area contributed by atoms with E-state index in [1.807, 2.05) is 18.3 Å². The standard InChI is InChI=1S/C20H22ClN/c1-14(15(2)17-7-3-4-8-19(17)21)10-11-16-6-5-9-20-18(16)12-13-22-20/h3-9,12-15,22H,10-11H2,1-2H3. The van der Waals surface area contributed by atoms with Crippen LogP contribution in [0, 0.1) is 5.92 Å². The van der Waals surface area contributed by atoms with Gasteiger partial charge in [0.05, 0.1) is 0 Å². The Labute approximate surface area is 137 Å². The zero-order chi connectivity index (χ0) is 15.5. The molecule has 2 aromatic carbocycles. The molecule has 0 aliphatic heterocycles. The molecule has 0 aliphatic carbocycles. The van der Waals surface area contributed by atoms with Crippen molar-refractivity contribution in [2.45, 2.75) is 32.6 Å². The number of hydrogen-bond acceptors (Lipinski definition) is 0. The van der Waals surface area contributed by atoms with Crippen LogP contribution < -0.4 is 0 Å². The second-order valence-corrected chi connectivity index (χ2v) is 6.59. The van der Waals surface area contributed by atoms with Crippen molar-refractivity contribution in [1.82, 2.24) is 4.98 Å². The Hall–Kier alpha value is -1.73. The third-order valence-electron chi connectivity index (χ3n) is 4.80. The Bertz CT molecular complexity index is 759. The quantitative estimate of drug-likeness (QED) is 0.578. The summed E-state index contributed by atoms with van der Waals surface area (Å²) in [5.74, 6) is 1.06. The molecule has 0 fully saturated rings. The van der Waals surface area contributed by atoms with Gasteiger partial charge in [0, 0.05) is 22.1 Å². The maximum Gasteiger partial charge on any atom is 0.0456 e. The van der Waals surface area contributed by atoms with Crippen LogP contribution in [-0.2, 0) is 6.42 Å². The van der Waals surface area contributed by atoms with Gasteiger partial charge in [-0.3, -0.25) is 0 Å². The Morgan fingerprint density at radius 1 is 1.00 bits per heavy atom. The molecule has 0 saturated heterocycles. The van der Waals surface area contributed by atoms with E-state index < -0.39 is 0 Å². The molecule has 0 saturated carbocycles. The van der Waals surface area contributed by atoms with Gasteiger partial charge in [-0.2, -0.15) is 0 Å². The van der Waals surface area contributed by atoms with Crippen molar-refractivity contribution in [2.75, 3.05) is 0 Å². The van der Waals surface area contributed by atoms with Crippen LogP contribution in [0.1, 0.15) is 37.3 Å². The van der Waals surface area contributed by atoms with Gasteiger partial charge in [-0.1, -0.05) is 55.8 Å². The van der Waals surface area contributed by atoms with Gasteiger partial charge >= 0.3 is 0 Å². The third-order valence-corrected chi connectivity index (χ3v) is 5.15. The molecule has 2 heteroatoms. The first kappa shape index (κ1) is 15.2. The molecule has 22 heavy (non-hydrogen) atoms. The molecule has 114 valence electrons. The minimum Gasteiger partial charge on any atom is -0.361 e. The summed E-state index contributed by atoms with van der Waals surface area (Å²) in [5, 5.41) is 2.23. The van der Waals surface area contributed by atoms with Crippen LogP contribution in [0.25, 0.3) is 10.9 Å². The molecule has 2 unspecified atom stereocenters. The molecule has 0 radical (unpaired) electrons. The maximum atomic E-state index is 6.34. The third kappa shape index (κ3) is 3.05. The van der Waals surface area contributed by atoms with Crippen molar-refractivity contribution in [1.29, 1.82) is 0 Å². The number of hydrogen-bond donors (Lipinski definition) is 1.